The molecule has 0 aromatic heterocycles. The van der Waals surface area contributed by atoms with E-state index in [9.17, 15) is 0 Å². The van der Waals surface area contributed by atoms with E-state index in [-0.39, 0.29) is 12.1 Å². The summed E-state index contributed by atoms with van der Waals surface area (Å²) < 4.78 is 10.3. The van der Waals surface area contributed by atoms with Crippen LogP contribution in [0.1, 0.15) is 18.5 Å². The van der Waals surface area contributed by atoms with E-state index < -0.39 is 0 Å². The third-order valence-corrected chi connectivity index (χ3v) is 3.62. The first kappa shape index (κ1) is 15.7. The second-order valence-corrected chi connectivity index (χ2v) is 4.87. The van der Waals surface area contributed by atoms with Crippen LogP contribution in [0.3, 0.4) is 0 Å². The lowest BCUT2D eigenvalue weighted by molar-refractivity contribution is 0.0276. The maximum atomic E-state index is 6.17. The minimum Gasteiger partial charge on any atom is -0.382 e. The Bertz CT molecular complexity index is 374. The predicted molar refractivity (Wildman–Crippen MR) is 75.6 cm³/mol. The van der Waals surface area contributed by atoms with Gasteiger partial charge in [0.25, 0.3) is 0 Å². The van der Waals surface area contributed by atoms with Gasteiger partial charge in [0.2, 0.25) is 0 Å². The standard InChI is InChI=1S/C13H19Cl2NO2/c1-9(16-7-10(18-3)8-17-2)11-5-4-6-12(14)13(11)15/h4-6,9-10,16H,7-8H2,1-3H3. The number of hydrogen-bond acceptors (Lipinski definition) is 3. The zero-order valence-corrected chi connectivity index (χ0v) is 12.4. The predicted octanol–water partition coefficient (Wildman–Crippen LogP) is 3.31. The second-order valence-electron chi connectivity index (χ2n) is 4.09. The number of rotatable bonds is 7. The molecular formula is C13H19Cl2NO2. The van der Waals surface area contributed by atoms with Crippen molar-refractivity contribution in [2.75, 3.05) is 27.4 Å². The van der Waals surface area contributed by atoms with Crippen LogP contribution >= 0.6 is 23.2 Å². The Morgan fingerprint density at radius 1 is 1.28 bits per heavy atom. The summed E-state index contributed by atoms with van der Waals surface area (Å²) in [5, 5.41) is 4.52. The van der Waals surface area contributed by atoms with Crippen molar-refractivity contribution in [1.82, 2.24) is 5.32 Å². The Kier molecular flexibility index (Phi) is 6.97. The molecule has 0 saturated heterocycles. The maximum Gasteiger partial charge on any atom is 0.0928 e. The highest BCUT2D eigenvalue weighted by Crippen LogP contribution is 2.29. The number of hydrogen-bond donors (Lipinski definition) is 1. The third-order valence-electron chi connectivity index (χ3n) is 2.79. The highest BCUT2D eigenvalue weighted by atomic mass is 35.5. The van der Waals surface area contributed by atoms with E-state index in [4.69, 9.17) is 32.7 Å². The average molecular weight is 292 g/mol. The van der Waals surface area contributed by atoms with Gasteiger partial charge in [0, 0.05) is 26.8 Å². The van der Waals surface area contributed by atoms with Gasteiger partial charge >= 0.3 is 0 Å². The van der Waals surface area contributed by atoms with Gasteiger partial charge in [0.05, 0.1) is 22.8 Å². The van der Waals surface area contributed by atoms with Crippen molar-refractivity contribution in [2.45, 2.75) is 19.1 Å². The van der Waals surface area contributed by atoms with Gasteiger partial charge in [-0.2, -0.15) is 0 Å². The van der Waals surface area contributed by atoms with Crippen molar-refractivity contribution < 1.29 is 9.47 Å². The smallest absolute Gasteiger partial charge is 0.0928 e. The van der Waals surface area contributed by atoms with E-state index >= 15 is 0 Å². The molecule has 1 rings (SSSR count). The Labute approximate surface area is 118 Å². The molecule has 0 heterocycles. The highest BCUT2D eigenvalue weighted by Gasteiger charge is 2.13. The number of halogens is 2. The molecule has 0 amide bonds. The lowest BCUT2D eigenvalue weighted by Gasteiger charge is -2.20. The zero-order valence-electron chi connectivity index (χ0n) is 10.9. The number of benzene rings is 1. The molecule has 0 radical (unpaired) electrons. The van der Waals surface area contributed by atoms with E-state index in [2.05, 4.69) is 5.32 Å². The minimum absolute atomic E-state index is 0.0235. The Morgan fingerprint density at radius 3 is 2.61 bits per heavy atom. The molecule has 18 heavy (non-hydrogen) atoms. The molecule has 5 heteroatoms. The number of methoxy groups -OCH3 is 2. The fourth-order valence-corrected chi connectivity index (χ4v) is 2.14. The van der Waals surface area contributed by atoms with Gasteiger partial charge < -0.3 is 14.8 Å². The molecule has 0 aliphatic heterocycles. The Hall–Kier alpha value is -0.320. The van der Waals surface area contributed by atoms with Gasteiger partial charge in [0.1, 0.15) is 0 Å². The fourth-order valence-electron chi connectivity index (χ4n) is 1.67. The van der Waals surface area contributed by atoms with Crippen LogP contribution in [0.15, 0.2) is 18.2 Å². The van der Waals surface area contributed by atoms with Crippen molar-refractivity contribution in [1.29, 1.82) is 0 Å². The molecule has 1 aromatic carbocycles. The van der Waals surface area contributed by atoms with E-state index in [0.717, 1.165) is 5.56 Å². The Morgan fingerprint density at radius 2 is 2.00 bits per heavy atom. The second kappa shape index (κ2) is 7.97. The van der Waals surface area contributed by atoms with Crippen LogP contribution in [-0.4, -0.2) is 33.5 Å². The average Bonchev–Trinajstić information content (AvgIpc) is 2.37. The van der Waals surface area contributed by atoms with Crippen LogP contribution in [0.2, 0.25) is 10.0 Å². The largest absolute Gasteiger partial charge is 0.382 e. The van der Waals surface area contributed by atoms with Crippen LogP contribution in [0.5, 0.6) is 0 Å². The van der Waals surface area contributed by atoms with Gasteiger partial charge in [-0.05, 0) is 18.6 Å². The van der Waals surface area contributed by atoms with Crippen LogP contribution in [0.25, 0.3) is 0 Å². The first-order chi connectivity index (χ1) is 8.60. The molecule has 2 unspecified atom stereocenters. The summed E-state index contributed by atoms with van der Waals surface area (Å²) >= 11 is 12.2. The van der Waals surface area contributed by atoms with Gasteiger partial charge in [0.15, 0.2) is 0 Å². The summed E-state index contributed by atoms with van der Waals surface area (Å²) in [5.74, 6) is 0. The molecule has 0 bridgehead atoms. The lowest BCUT2D eigenvalue weighted by Crippen LogP contribution is -2.33. The molecule has 1 N–H and O–H groups in total. The summed E-state index contributed by atoms with van der Waals surface area (Å²) in [5.41, 5.74) is 0.983. The molecule has 0 spiro atoms. The van der Waals surface area contributed by atoms with Gasteiger partial charge in [-0.1, -0.05) is 35.3 Å². The van der Waals surface area contributed by atoms with Gasteiger partial charge in [-0.15, -0.1) is 0 Å². The van der Waals surface area contributed by atoms with E-state index in [1.807, 2.05) is 19.1 Å². The number of ether oxygens (including phenoxy) is 2. The SMILES string of the molecule is COCC(CNC(C)c1cccc(Cl)c1Cl)OC. The van der Waals surface area contributed by atoms with Crippen LogP contribution in [-0.2, 0) is 9.47 Å². The fraction of sp³-hybridized carbons (Fsp3) is 0.538. The molecule has 0 fully saturated rings. The maximum absolute atomic E-state index is 6.17. The molecule has 1 aromatic rings. The molecule has 0 aliphatic rings. The molecule has 102 valence electrons. The quantitative estimate of drug-likeness (QED) is 0.836. The highest BCUT2D eigenvalue weighted by molar-refractivity contribution is 6.42. The van der Waals surface area contributed by atoms with E-state index in [1.165, 1.54) is 0 Å². The number of nitrogens with one attached hydrogen (secondary N) is 1. The lowest BCUT2D eigenvalue weighted by atomic mass is 10.1. The van der Waals surface area contributed by atoms with Crippen molar-refractivity contribution in [3.05, 3.63) is 33.8 Å². The first-order valence-corrected chi connectivity index (χ1v) is 6.54. The third kappa shape index (κ3) is 4.41. The van der Waals surface area contributed by atoms with Crippen molar-refractivity contribution >= 4 is 23.2 Å². The summed E-state index contributed by atoms with van der Waals surface area (Å²) in [7, 11) is 3.33. The van der Waals surface area contributed by atoms with Crippen molar-refractivity contribution in [3.8, 4) is 0 Å². The van der Waals surface area contributed by atoms with Crippen LogP contribution in [0.4, 0.5) is 0 Å². The monoisotopic (exact) mass is 291 g/mol. The Balaban J connectivity index is 2.59. The minimum atomic E-state index is 0.0235. The summed E-state index contributed by atoms with van der Waals surface area (Å²) in [6.07, 6.45) is 0.0235. The normalized spacial score (nSPS) is 14.5. The van der Waals surface area contributed by atoms with Gasteiger partial charge in [-0.25, -0.2) is 0 Å². The van der Waals surface area contributed by atoms with Gasteiger partial charge in [-0.3, -0.25) is 0 Å². The summed E-state index contributed by atoms with van der Waals surface area (Å²) in [4.78, 5) is 0. The van der Waals surface area contributed by atoms with Crippen LogP contribution < -0.4 is 5.32 Å². The summed E-state index contributed by atoms with van der Waals surface area (Å²) in [6, 6.07) is 5.74. The van der Waals surface area contributed by atoms with Crippen molar-refractivity contribution in [2.24, 2.45) is 0 Å². The van der Waals surface area contributed by atoms with E-state index in [0.29, 0.717) is 23.2 Å². The van der Waals surface area contributed by atoms with Crippen molar-refractivity contribution in [3.63, 3.8) is 0 Å². The first-order valence-electron chi connectivity index (χ1n) is 5.79. The topological polar surface area (TPSA) is 30.5 Å². The molecule has 0 saturated carbocycles. The summed E-state index contributed by atoms with van der Waals surface area (Å²) in [6.45, 7) is 3.28. The molecule has 0 aliphatic carbocycles. The molecular weight excluding hydrogens is 273 g/mol. The van der Waals surface area contributed by atoms with E-state index in [1.54, 1.807) is 20.3 Å². The zero-order chi connectivity index (χ0) is 13.5. The van der Waals surface area contributed by atoms with Crippen LogP contribution in [0, 0.1) is 0 Å². The molecule has 2 atom stereocenters. The molecule has 3 nitrogen and oxygen atoms in total.